The molecule has 0 bridgehead atoms. The van der Waals surface area contributed by atoms with Crippen LogP contribution in [0.2, 0.25) is 0 Å². The molecular weight excluding hydrogens is 532 g/mol. The zero-order valence-corrected chi connectivity index (χ0v) is 26.9. The van der Waals surface area contributed by atoms with Gasteiger partial charge in [-0.1, -0.05) is 130 Å². The third-order valence-corrected chi connectivity index (χ3v) is 6.74. The first-order valence-electron chi connectivity index (χ1n) is 15.2. The average molecular weight is 592 g/mol. The van der Waals surface area contributed by atoms with Crippen LogP contribution in [0.1, 0.15) is 156 Å². The molecular formula is C30H60O5Zr. The fourth-order valence-corrected chi connectivity index (χ4v) is 4.33. The molecule has 0 heterocycles. The predicted octanol–water partition coefficient (Wildman–Crippen LogP) is 9.06. The summed E-state index contributed by atoms with van der Waals surface area (Å²) in [7, 11) is 0. The molecule has 0 aliphatic rings. The molecule has 0 aromatic heterocycles. The van der Waals surface area contributed by atoms with Crippen LogP contribution in [-0.2, 0) is 45.2 Å². The van der Waals surface area contributed by atoms with Gasteiger partial charge in [0.1, 0.15) is 6.10 Å². The Morgan fingerprint density at radius 3 is 1.33 bits per heavy atom. The van der Waals surface area contributed by atoms with E-state index in [0.717, 1.165) is 51.4 Å². The van der Waals surface area contributed by atoms with E-state index in [2.05, 4.69) is 27.7 Å². The fraction of sp³-hybridized carbons (Fsp3) is 0.967. The summed E-state index contributed by atoms with van der Waals surface area (Å²) < 4.78 is 18.1. The van der Waals surface area contributed by atoms with Gasteiger partial charge in [-0.15, -0.1) is 0 Å². The van der Waals surface area contributed by atoms with Gasteiger partial charge in [-0.2, -0.15) is 0 Å². The van der Waals surface area contributed by atoms with Crippen LogP contribution in [0.5, 0.6) is 0 Å². The molecule has 0 aliphatic heterocycles. The standard InChI is InChI=1S/C30H60O5.Zr/c1-5-9-13-14-15-16-17-18-19-20-21-22-23-24-28(33-25-10-6-2)30(29(31)32,34-26-11-7-3)35-27-12-8-4;/h28H,5-27H2,1-4H3,(H,31,32);. The molecule has 0 spiro atoms. The van der Waals surface area contributed by atoms with Gasteiger partial charge < -0.3 is 19.3 Å². The van der Waals surface area contributed by atoms with Crippen LogP contribution in [0.15, 0.2) is 0 Å². The van der Waals surface area contributed by atoms with E-state index < -0.39 is 17.9 Å². The van der Waals surface area contributed by atoms with Crippen LogP contribution in [0.4, 0.5) is 0 Å². The number of rotatable bonds is 28. The van der Waals surface area contributed by atoms with Crippen molar-refractivity contribution in [2.24, 2.45) is 0 Å². The van der Waals surface area contributed by atoms with E-state index in [9.17, 15) is 9.90 Å². The number of hydrogen-bond acceptors (Lipinski definition) is 4. The maximum atomic E-state index is 12.5. The first kappa shape index (κ1) is 38.4. The quantitative estimate of drug-likeness (QED) is 0.0726. The summed E-state index contributed by atoms with van der Waals surface area (Å²) in [5, 5.41) is 10.2. The van der Waals surface area contributed by atoms with Crippen molar-refractivity contribution < 1.29 is 50.3 Å². The first-order valence-corrected chi connectivity index (χ1v) is 15.2. The van der Waals surface area contributed by atoms with Gasteiger partial charge in [-0.25, -0.2) is 4.79 Å². The smallest absolute Gasteiger partial charge is 0.367 e. The molecule has 0 saturated carbocycles. The molecule has 0 rings (SSSR count). The van der Waals surface area contributed by atoms with Crippen LogP contribution in [0.3, 0.4) is 0 Å². The van der Waals surface area contributed by atoms with Crippen molar-refractivity contribution in [2.75, 3.05) is 19.8 Å². The summed E-state index contributed by atoms with van der Waals surface area (Å²) in [6.07, 6.45) is 22.3. The monoisotopic (exact) mass is 590 g/mol. The average Bonchev–Trinajstić information content (AvgIpc) is 2.85. The van der Waals surface area contributed by atoms with Crippen LogP contribution in [-0.4, -0.2) is 42.8 Å². The molecule has 0 aliphatic carbocycles. The largest absolute Gasteiger partial charge is 0.477 e. The summed E-state index contributed by atoms with van der Waals surface area (Å²) in [6.45, 7) is 9.83. The van der Waals surface area contributed by atoms with Gasteiger partial charge >= 0.3 is 5.97 Å². The number of hydrogen-bond donors (Lipinski definition) is 1. The Kier molecular flexibility index (Phi) is 30.1. The third kappa shape index (κ3) is 19.3. The summed E-state index contributed by atoms with van der Waals surface area (Å²) >= 11 is 0. The van der Waals surface area contributed by atoms with E-state index in [-0.39, 0.29) is 26.2 Å². The summed E-state index contributed by atoms with van der Waals surface area (Å²) in [5.41, 5.74) is 0. The Morgan fingerprint density at radius 2 is 0.944 bits per heavy atom. The minimum atomic E-state index is -1.70. The molecule has 5 nitrogen and oxygen atoms in total. The van der Waals surface area contributed by atoms with Gasteiger partial charge in [0, 0.05) is 32.8 Å². The molecule has 1 atom stereocenters. The Morgan fingerprint density at radius 1 is 0.583 bits per heavy atom. The minimum Gasteiger partial charge on any atom is -0.477 e. The Balaban J connectivity index is 0. The van der Waals surface area contributed by atoms with Gasteiger partial charge in [-0.05, 0) is 25.7 Å². The van der Waals surface area contributed by atoms with Crippen molar-refractivity contribution in [3.63, 3.8) is 0 Å². The second-order valence-corrected chi connectivity index (χ2v) is 10.1. The van der Waals surface area contributed by atoms with Crippen molar-refractivity contribution in [2.45, 2.75) is 168 Å². The molecule has 0 saturated heterocycles. The van der Waals surface area contributed by atoms with Gasteiger partial charge in [-0.3, -0.25) is 0 Å². The molecule has 1 N–H and O–H groups in total. The summed E-state index contributed by atoms with van der Waals surface area (Å²) in [4.78, 5) is 12.5. The molecule has 0 aromatic carbocycles. The van der Waals surface area contributed by atoms with Crippen LogP contribution in [0, 0.1) is 0 Å². The molecule has 214 valence electrons. The number of carboxylic acids is 1. The molecule has 0 amide bonds. The fourth-order valence-electron chi connectivity index (χ4n) is 4.33. The number of carbonyl (C=O) groups is 1. The predicted molar refractivity (Wildman–Crippen MR) is 147 cm³/mol. The summed E-state index contributed by atoms with van der Waals surface area (Å²) in [5.74, 6) is -2.75. The van der Waals surface area contributed by atoms with Crippen molar-refractivity contribution in [3.05, 3.63) is 0 Å². The normalized spacial score (nSPS) is 12.4. The molecule has 0 radical (unpaired) electrons. The minimum absolute atomic E-state index is 0. The number of carboxylic acid groups (broad SMARTS) is 1. The van der Waals surface area contributed by atoms with Gasteiger partial charge in [0.25, 0.3) is 5.79 Å². The Bertz CT molecular complexity index is 451. The van der Waals surface area contributed by atoms with Gasteiger partial charge in [0.15, 0.2) is 0 Å². The van der Waals surface area contributed by atoms with E-state index in [0.29, 0.717) is 26.2 Å². The van der Waals surface area contributed by atoms with Gasteiger partial charge in [0.05, 0.1) is 13.2 Å². The van der Waals surface area contributed by atoms with Crippen molar-refractivity contribution in [1.82, 2.24) is 0 Å². The Hall–Kier alpha value is 0.233. The summed E-state index contributed by atoms with van der Waals surface area (Å²) in [6, 6.07) is 0. The topological polar surface area (TPSA) is 65.0 Å². The maximum Gasteiger partial charge on any atom is 0.367 e. The van der Waals surface area contributed by atoms with E-state index in [1.165, 1.54) is 70.6 Å². The zero-order valence-electron chi connectivity index (χ0n) is 24.4. The maximum absolute atomic E-state index is 12.5. The molecule has 0 fully saturated rings. The van der Waals surface area contributed by atoms with E-state index in [4.69, 9.17) is 14.2 Å². The van der Waals surface area contributed by atoms with Crippen molar-refractivity contribution in [3.8, 4) is 0 Å². The van der Waals surface area contributed by atoms with E-state index >= 15 is 0 Å². The second-order valence-electron chi connectivity index (χ2n) is 10.1. The third-order valence-electron chi connectivity index (χ3n) is 6.74. The van der Waals surface area contributed by atoms with Crippen molar-refractivity contribution >= 4 is 5.97 Å². The number of ether oxygens (including phenoxy) is 3. The van der Waals surface area contributed by atoms with E-state index in [1.807, 2.05) is 0 Å². The Labute approximate surface area is 243 Å². The van der Waals surface area contributed by atoms with E-state index in [1.54, 1.807) is 0 Å². The van der Waals surface area contributed by atoms with Crippen LogP contribution >= 0.6 is 0 Å². The van der Waals surface area contributed by atoms with Crippen LogP contribution < -0.4 is 0 Å². The van der Waals surface area contributed by atoms with Crippen molar-refractivity contribution in [1.29, 1.82) is 0 Å². The zero-order chi connectivity index (χ0) is 26.0. The molecule has 1 unspecified atom stereocenters. The molecule has 0 aromatic rings. The van der Waals surface area contributed by atoms with Gasteiger partial charge in [0.2, 0.25) is 0 Å². The number of unbranched alkanes of at least 4 members (excludes halogenated alkanes) is 15. The van der Waals surface area contributed by atoms with Crippen LogP contribution in [0.25, 0.3) is 0 Å². The SMILES string of the molecule is CCCCCCCCCCCCCCCC(OCCCC)C(OCCCC)(OCCCC)C(=O)O.[Zr]. The first-order chi connectivity index (χ1) is 17.1. The second kappa shape index (κ2) is 28.2. The molecule has 36 heavy (non-hydrogen) atoms. The number of aliphatic carboxylic acids is 1. The molecule has 6 heteroatoms.